The highest BCUT2D eigenvalue weighted by molar-refractivity contribution is 7.89. The molecule has 0 spiro atoms. The van der Waals surface area contributed by atoms with E-state index >= 15 is 0 Å². The fourth-order valence-corrected chi connectivity index (χ4v) is 5.37. The van der Waals surface area contributed by atoms with Gasteiger partial charge >= 0.3 is 6.01 Å². The molecule has 0 bridgehead atoms. The summed E-state index contributed by atoms with van der Waals surface area (Å²) in [7, 11) is -3.50. The third kappa shape index (κ3) is 3.88. The van der Waals surface area contributed by atoms with Gasteiger partial charge < -0.3 is 4.74 Å². The zero-order chi connectivity index (χ0) is 18.9. The van der Waals surface area contributed by atoms with E-state index < -0.39 is 10.0 Å². The molecule has 0 saturated carbocycles. The van der Waals surface area contributed by atoms with Crippen LogP contribution in [0, 0.1) is 27.7 Å². The maximum absolute atomic E-state index is 13.1. The van der Waals surface area contributed by atoms with Crippen molar-refractivity contribution in [1.82, 2.24) is 14.3 Å². The van der Waals surface area contributed by atoms with Gasteiger partial charge in [-0.05, 0) is 57.2 Å². The molecule has 0 radical (unpaired) electrons. The first kappa shape index (κ1) is 18.8. The van der Waals surface area contributed by atoms with Gasteiger partial charge in [-0.15, -0.1) is 0 Å². The molecule has 0 unspecified atom stereocenters. The maximum Gasteiger partial charge on any atom is 0.316 e. The van der Waals surface area contributed by atoms with Crippen molar-refractivity contribution in [1.29, 1.82) is 0 Å². The van der Waals surface area contributed by atoms with Crippen molar-refractivity contribution >= 4 is 10.0 Å². The first-order valence-electron chi connectivity index (χ1n) is 8.80. The Bertz CT molecular complexity index is 864. The van der Waals surface area contributed by atoms with Gasteiger partial charge in [0.1, 0.15) is 6.10 Å². The Balaban J connectivity index is 1.70. The summed E-state index contributed by atoms with van der Waals surface area (Å²) in [5.74, 6) is 0. The average molecular weight is 375 g/mol. The number of hydrogen-bond donors (Lipinski definition) is 0. The number of aryl methyl sites for hydroxylation is 4. The molecule has 6 nitrogen and oxygen atoms in total. The molecule has 2 heterocycles. The zero-order valence-corrected chi connectivity index (χ0v) is 16.5. The van der Waals surface area contributed by atoms with E-state index in [1.54, 1.807) is 16.7 Å². The van der Waals surface area contributed by atoms with Crippen LogP contribution in [0.3, 0.4) is 0 Å². The first-order chi connectivity index (χ1) is 12.3. The summed E-state index contributed by atoms with van der Waals surface area (Å²) in [6, 6.07) is 4.19. The molecule has 0 N–H and O–H groups in total. The number of hydrogen-bond acceptors (Lipinski definition) is 5. The van der Waals surface area contributed by atoms with E-state index in [2.05, 4.69) is 9.97 Å². The standard InChI is InChI=1S/C19H25N3O3S/c1-13-9-15(3)18(16(4)10-13)26(23,24)22-7-5-17(6-8-22)25-19-20-11-14(2)12-21-19/h9-12,17H,5-8H2,1-4H3. The van der Waals surface area contributed by atoms with Crippen LogP contribution in [0.4, 0.5) is 0 Å². The summed E-state index contributed by atoms with van der Waals surface area (Å²) in [5.41, 5.74) is 3.65. The van der Waals surface area contributed by atoms with Crippen molar-refractivity contribution in [3.63, 3.8) is 0 Å². The molecule has 0 amide bonds. The van der Waals surface area contributed by atoms with E-state index in [1.807, 2.05) is 39.8 Å². The minimum absolute atomic E-state index is 0.0654. The predicted octanol–water partition coefficient (Wildman–Crippen LogP) is 2.94. The Kier molecular flexibility index (Phi) is 5.29. The highest BCUT2D eigenvalue weighted by Gasteiger charge is 2.32. The van der Waals surface area contributed by atoms with Crippen molar-refractivity contribution in [3.8, 4) is 6.01 Å². The second kappa shape index (κ2) is 7.32. The van der Waals surface area contributed by atoms with Crippen LogP contribution < -0.4 is 4.74 Å². The van der Waals surface area contributed by atoms with E-state index in [9.17, 15) is 8.42 Å². The van der Waals surface area contributed by atoms with Gasteiger partial charge in [0.25, 0.3) is 0 Å². The minimum Gasteiger partial charge on any atom is -0.460 e. The van der Waals surface area contributed by atoms with Gasteiger partial charge in [0.2, 0.25) is 10.0 Å². The number of benzene rings is 1. The Morgan fingerprint density at radius 1 is 0.962 bits per heavy atom. The van der Waals surface area contributed by atoms with Crippen LogP contribution in [-0.4, -0.2) is 41.9 Å². The molecule has 7 heteroatoms. The van der Waals surface area contributed by atoms with E-state index in [-0.39, 0.29) is 6.10 Å². The molecule has 1 aliphatic heterocycles. The van der Waals surface area contributed by atoms with Crippen molar-refractivity contribution in [2.45, 2.75) is 51.5 Å². The van der Waals surface area contributed by atoms with Crippen LogP contribution >= 0.6 is 0 Å². The second-order valence-electron chi connectivity index (χ2n) is 6.99. The lowest BCUT2D eigenvalue weighted by atomic mass is 10.1. The Labute approximate surface area is 155 Å². The van der Waals surface area contributed by atoms with Crippen molar-refractivity contribution in [2.75, 3.05) is 13.1 Å². The molecular formula is C19H25N3O3S. The molecule has 26 heavy (non-hydrogen) atoms. The largest absolute Gasteiger partial charge is 0.460 e. The SMILES string of the molecule is Cc1cnc(OC2CCN(S(=O)(=O)c3c(C)cc(C)cc3C)CC2)nc1. The van der Waals surface area contributed by atoms with Gasteiger partial charge in [-0.2, -0.15) is 4.31 Å². The molecule has 0 atom stereocenters. The Morgan fingerprint density at radius 2 is 1.50 bits per heavy atom. The number of rotatable bonds is 4. The molecule has 0 aliphatic carbocycles. The van der Waals surface area contributed by atoms with Crippen LogP contribution in [-0.2, 0) is 10.0 Å². The topological polar surface area (TPSA) is 72.4 Å². The molecular weight excluding hydrogens is 350 g/mol. The molecule has 140 valence electrons. The second-order valence-corrected chi connectivity index (χ2v) is 8.87. The van der Waals surface area contributed by atoms with Crippen molar-refractivity contribution < 1.29 is 13.2 Å². The third-order valence-corrected chi connectivity index (χ3v) is 6.84. The van der Waals surface area contributed by atoms with Crippen molar-refractivity contribution in [3.05, 3.63) is 46.8 Å². The molecule has 1 aromatic carbocycles. The summed E-state index contributed by atoms with van der Waals surface area (Å²) in [6.07, 6.45) is 4.61. The molecule has 1 aliphatic rings. The number of sulfonamides is 1. The number of ether oxygens (including phenoxy) is 1. The quantitative estimate of drug-likeness (QED) is 0.821. The molecule has 3 rings (SSSR count). The van der Waals surface area contributed by atoms with Gasteiger partial charge in [-0.25, -0.2) is 18.4 Å². The van der Waals surface area contributed by atoms with Crippen molar-refractivity contribution in [2.24, 2.45) is 0 Å². The maximum atomic E-state index is 13.1. The summed E-state index contributed by atoms with van der Waals surface area (Å²) in [6.45, 7) is 8.49. The lowest BCUT2D eigenvalue weighted by molar-refractivity contribution is 0.124. The number of aromatic nitrogens is 2. The monoisotopic (exact) mass is 375 g/mol. The van der Waals surface area contributed by atoms with Crippen LogP contribution in [0.5, 0.6) is 6.01 Å². The van der Waals surface area contributed by atoms with E-state index in [1.165, 1.54) is 0 Å². The first-order valence-corrected chi connectivity index (χ1v) is 10.2. The summed E-state index contributed by atoms with van der Waals surface area (Å²) in [5, 5.41) is 0. The Morgan fingerprint density at radius 3 is 2.04 bits per heavy atom. The smallest absolute Gasteiger partial charge is 0.316 e. The number of nitrogens with zero attached hydrogens (tertiary/aromatic N) is 3. The van der Waals surface area contributed by atoms with Gasteiger partial charge in [-0.1, -0.05) is 17.7 Å². The lowest BCUT2D eigenvalue weighted by Crippen LogP contribution is -2.42. The van der Waals surface area contributed by atoms with Crippen LogP contribution in [0.15, 0.2) is 29.4 Å². The average Bonchev–Trinajstić information content (AvgIpc) is 2.56. The summed E-state index contributed by atoms with van der Waals surface area (Å²) in [4.78, 5) is 8.74. The van der Waals surface area contributed by atoms with Crippen LogP contribution in [0.1, 0.15) is 35.1 Å². The minimum atomic E-state index is -3.50. The molecule has 1 fully saturated rings. The fraction of sp³-hybridized carbons (Fsp3) is 0.474. The van der Waals surface area contributed by atoms with E-state index in [0.29, 0.717) is 36.8 Å². The van der Waals surface area contributed by atoms with E-state index in [0.717, 1.165) is 22.3 Å². The third-order valence-electron chi connectivity index (χ3n) is 4.63. The molecule has 1 saturated heterocycles. The van der Waals surface area contributed by atoms with Gasteiger partial charge in [0, 0.05) is 25.5 Å². The predicted molar refractivity (Wildman–Crippen MR) is 99.8 cm³/mol. The number of piperidine rings is 1. The van der Waals surface area contributed by atoms with Gasteiger partial charge in [-0.3, -0.25) is 0 Å². The zero-order valence-electron chi connectivity index (χ0n) is 15.7. The van der Waals surface area contributed by atoms with Gasteiger partial charge in [0.05, 0.1) is 4.90 Å². The highest BCUT2D eigenvalue weighted by atomic mass is 32.2. The Hall–Kier alpha value is -1.99. The highest BCUT2D eigenvalue weighted by Crippen LogP contribution is 2.28. The van der Waals surface area contributed by atoms with E-state index in [4.69, 9.17) is 4.74 Å². The summed E-state index contributed by atoms with van der Waals surface area (Å²) < 4.78 is 33.6. The van der Waals surface area contributed by atoms with Crippen LogP contribution in [0.25, 0.3) is 0 Å². The normalized spacial score (nSPS) is 16.6. The van der Waals surface area contributed by atoms with Crippen LogP contribution in [0.2, 0.25) is 0 Å². The fourth-order valence-electron chi connectivity index (χ4n) is 3.48. The summed E-state index contributed by atoms with van der Waals surface area (Å²) >= 11 is 0. The van der Waals surface area contributed by atoms with Gasteiger partial charge in [0.15, 0.2) is 0 Å². The molecule has 2 aromatic rings. The molecule has 1 aromatic heterocycles. The lowest BCUT2D eigenvalue weighted by Gasteiger charge is -2.31.